The number of rotatable bonds is 11. The highest BCUT2D eigenvalue weighted by atomic mass is 127. The van der Waals surface area contributed by atoms with Gasteiger partial charge in [-0.3, -0.25) is 4.72 Å². The first-order valence-electron chi connectivity index (χ1n) is 9.95. The predicted molar refractivity (Wildman–Crippen MR) is 129 cm³/mol. The zero-order valence-corrected chi connectivity index (χ0v) is 20.5. The van der Waals surface area contributed by atoms with Gasteiger partial charge in [-0.15, -0.1) is 0 Å². The number of furan rings is 1. The second-order valence-corrected chi connectivity index (χ2v) is 9.92. The molecule has 0 aliphatic rings. The van der Waals surface area contributed by atoms with E-state index in [1.807, 2.05) is 22.6 Å². The smallest absolute Gasteiger partial charge is 0.299 e. The number of nitrogens with one attached hydrogen (secondary N) is 3. The highest BCUT2D eigenvalue weighted by Crippen LogP contribution is 2.40. The van der Waals surface area contributed by atoms with Crippen molar-refractivity contribution in [2.24, 2.45) is 0 Å². The van der Waals surface area contributed by atoms with Crippen molar-refractivity contribution >= 4 is 49.9 Å². The molecule has 3 aromatic rings. The lowest BCUT2D eigenvalue weighted by Crippen LogP contribution is -2.32. The number of hydrogen-bond donors (Lipinski definition) is 5. The molecule has 0 spiro atoms. The maximum Gasteiger partial charge on any atom is 0.299 e. The van der Waals surface area contributed by atoms with Gasteiger partial charge in [-0.25, -0.2) is 13.2 Å². The summed E-state index contributed by atoms with van der Waals surface area (Å²) in [6.07, 6.45) is 0.616. The summed E-state index contributed by atoms with van der Waals surface area (Å²) in [4.78, 5) is 0. The molecule has 0 aliphatic carbocycles. The van der Waals surface area contributed by atoms with Gasteiger partial charge in [-0.1, -0.05) is 0 Å². The lowest BCUT2D eigenvalue weighted by Gasteiger charge is -2.19. The van der Waals surface area contributed by atoms with Crippen LogP contribution in [0.3, 0.4) is 0 Å². The molecule has 0 aliphatic heterocycles. The summed E-state index contributed by atoms with van der Waals surface area (Å²) >= 11 is 1.88. The normalized spacial score (nSPS) is 12.5. The minimum absolute atomic E-state index is 0.0359. The molecule has 0 bridgehead atoms. The van der Waals surface area contributed by atoms with Crippen molar-refractivity contribution in [1.29, 1.82) is 0 Å². The molecule has 1 aromatic heterocycles. The lowest BCUT2D eigenvalue weighted by molar-refractivity contribution is 0.0869. The molecule has 13 heteroatoms. The van der Waals surface area contributed by atoms with Gasteiger partial charge in [0.1, 0.15) is 17.3 Å². The molecule has 8 nitrogen and oxygen atoms in total. The van der Waals surface area contributed by atoms with Gasteiger partial charge in [-0.2, -0.15) is 13.1 Å². The van der Waals surface area contributed by atoms with Crippen molar-refractivity contribution in [3.8, 4) is 11.3 Å². The first kappa shape index (κ1) is 26.3. The Bertz CT molecular complexity index is 1240. The van der Waals surface area contributed by atoms with Crippen LogP contribution in [0, 0.1) is 21.0 Å². The van der Waals surface area contributed by atoms with Gasteiger partial charge in [-0.05, 0) is 71.8 Å². The second kappa shape index (κ2) is 11.4. The molecule has 1 heterocycles. The third kappa shape index (κ3) is 6.63. The van der Waals surface area contributed by atoms with E-state index >= 15 is 0 Å². The molecule has 184 valence electrons. The van der Waals surface area contributed by atoms with Crippen molar-refractivity contribution in [2.45, 2.75) is 18.9 Å². The van der Waals surface area contributed by atoms with E-state index in [2.05, 4.69) is 14.8 Å². The van der Waals surface area contributed by atoms with Gasteiger partial charge in [0.05, 0.1) is 30.3 Å². The number of aliphatic hydroxyl groups is 2. The van der Waals surface area contributed by atoms with Crippen LogP contribution >= 0.6 is 22.6 Å². The van der Waals surface area contributed by atoms with Crippen molar-refractivity contribution in [3.05, 3.63) is 63.7 Å². The average Bonchev–Trinajstić information content (AvgIpc) is 3.32. The van der Waals surface area contributed by atoms with Gasteiger partial charge in [0.25, 0.3) is 10.2 Å². The van der Waals surface area contributed by atoms with Crippen molar-refractivity contribution in [2.75, 3.05) is 23.2 Å². The maximum absolute atomic E-state index is 14.9. The predicted octanol–water partition coefficient (Wildman–Crippen LogP) is 4.09. The fourth-order valence-corrected chi connectivity index (χ4v) is 4.43. The molecule has 2 aromatic carbocycles. The Hall–Kier alpha value is -2.33. The molecule has 1 unspecified atom stereocenters. The van der Waals surface area contributed by atoms with E-state index < -0.39 is 51.7 Å². The third-order valence-corrected chi connectivity index (χ3v) is 6.38. The summed E-state index contributed by atoms with van der Waals surface area (Å²) in [7, 11) is -4.32. The molecular weight excluding hydrogens is 590 g/mol. The van der Waals surface area contributed by atoms with E-state index in [9.17, 15) is 26.7 Å². The fourth-order valence-electron chi connectivity index (χ4n) is 3.01. The zero-order valence-electron chi connectivity index (χ0n) is 17.5. The van der Waals surface area contributed by atoms with Crippen LogP contribution in [0.25, 0.3) is 11.3 Å². The van der Waals surface area contributed by atoms with Gasteiger partial charge in [0.2, 0.25) is 0 Å². The van der Waals surface area contributed by atoms with Crippen molar-refractivity contribution in [1.82, 2.24) is 4.72 Å². The Morgan fingerprint density at radius 3 is 2.50 bits per heavy atom. The van der Waals surface area contributed by atoms with Gasteiger partial charge in [0.15, 0.2) is 11.6 Å². The van der Waals surface area contributed by atoms with Crippen LogP contribution in [0.4, 0.5) is 30.2 Å². The van der Waals surface area contributed by atoms with Crippen LogP contribution < -0.4 is 14.8 Å². The number of anilines is 3. The summed E-state index contributed by atoms with van der Waals surface area (Å²) in [6.45, 7) is -0.572. The van der Waals surface area contributed by atoms with E-state index in [0.29, 0.717) is 3.57 Å². The van der Waals surface area contributed by atoms with Crippen LogP contribution in [-0.4, -0.2) is 37.9 Å². The summed E-state index contributed by atoms with van der Waals surface area (Å²) in [6, 6.07) is 7.66. The molecule has 0 saturated carbocycles. The van der Waals surface area contributed by atoms with Crippen LogP contribution in [0.2, 0.25) is 0 Å². The van der Waals surface area contributed by atoms with Gasteiger partial charge < -0.3 is 19.9 Å². The van der Waals surface area contributed by atoms with E-state index in [4.69, 9.17) is 9.52 Å². The number of benzene rings is 2. The Morgan fingerprint density at radius 2 is 1.85 bits per heavy atom. The number of aliphatic hydroxyl groups excluding tert-OH is 2. The monoisotopic (exact) mass is 611 g/mol. The Kier molecular flexibility index (Phi) is 8.81. The second-order valence-electron chi connectivity index (χ2n) is 7.17. The van der Waals surface area contributed by atoms with E-state index in [0.717, 1.165) is 6.07 Å². The molecule has 5 N–H and O–H groups in total. The molecule has 1 atom stereocenters. The molecule has 0 saturated heterocycles. The van der Waals surface area contributed by atoms with E-state index in [-0.39, 0.29) is 36.4 Å². The van der Waals surface area contributed by atoms with Crippen LogP contribution in [0.5, 0.6) is 0 Å². The van der Waals surface area contributed by atoms with Crippen LogP contribution in [0.15, 0.2) is 47.1 Å². The first-order valence-corrected chi connectivity index (χ1v) is 12.5. The lowest BCUT2D eigenvalue weighted by atomic mass is 10.1. The molecule has 0 amide bonds. The molecule has 0 fully saturated rings. The van der Waals surface area contributed by atoms with Crippen LogP contribution in [-0.2, 0) is 10.2 Å². The standard InChI is InChI=1S/C21H21F3IN3O5S/c22-15-9-12(25)5-6-17(15)27-21-19(24)16(23)10-14(18-4-2-8-33-18)20(21)28-34(31,32)26-7-1-3-13(30)11-29/h2,4-6,8-10,13,26-30H,1,3,7,11H2. The highest BCUT2D eigenvalue weighted by molar-refractivity contribution is 14.1. The number of hydrogen-bond acceptors (Lipinski definition) is 6. The van der Waals surface area contributed by atoms with Gasteiger partial charge >= 0.3 is 0 Å². The maximum atomic E-state index is 14.9. The van der Waals surface area contributed by atoms with E-state index in [1.165, 1.54) is 36.6 Å². The zero-order chi connectivity index (χ0) is 24.9. The van der Waals surface area contributed by atoms with Crippen molar-refractivity contribution in [3.63, 3.8) is 0 Å². The van der Waals surface area contributed by atoms with E-state index in [1.54, 1.807) is 0 Å². The van der Waals surface area contributed by atoms with Crippen molar-refractivity contribution < 1.29 is 36.2 Å². The van der Waals surface area contributed by atoms with Gasteiger partial charge in [0, 0.05) is 15.7 Å². The topological polar surface area (TPSA) is 124 Å². The molecule has 34 heavy (non-hydrogen) atoms. The quantitative estimate of drug-likeness (QED) is 0.165. The summed E-state index contributed by atoms with van der Waals surface area (Å²) in [5, 5.41) is 20.6. The molecular formula is C21H21F3IN3O5S. The average molecular weight is 611 g/mol. The highest BCUT2D eigenvalue weighted by Gasteiger charge is 2.25. The SMILES string of the molecule is O=S(=O)(NCCCC(O)CO)Nc1c(-c2ccco2)cc(F)c(F)c1Nc1ccc(I)cc1F. The Balaban J connectivity index is 2.00. The third-order valence-electron chi connectivity index (χ3n) is 4.65. The summed E-state index contributed by atoms with van der Waals surface area (Å²) < 4.78 is 79.3. The molecule has 3 rings (SSSR count). The minimum Gasteiger partial charge on any atom is -0.464 e. The molecule has 0 radical (unpaired) electrons. The van der Waals surface area contributed by atoms with Crippen LogP contribution in [0.1, 0.15) is 12.8 Å². The summed E-state index contributed by atoms with van der Waals surface area (Å²) in [5.41, 5.74) is -1.39. The Morgan fingerprint density at radius 1 is 1.09 bits per heavy atom. The minimum atomic E-state index is -4.32. The fraction of sp³-hybridized carbons (Fsp3) is 0.238. The Labute approximate surface area is 207 Å². The number of halogens is 4. The summed E-state index contributed by atoms with van der Waals surface area (Å²) in [5.74, 6) is -3.47. The largest absolute Gasteiger partial charge is 0.464 e. The first-order chi connectivity index (χ1) is 16.1.